The van der Waals surface area contributed by atoms with Crippen molar-refractivity contribution in [3.63, 3.8) is 0 Å². The average Bonchev–Trinajstić information content (AvgIpc) is 2.52. The van der Waals surface area contributed by atoms with Gasteiger partial charge in [0.05, 0.1) is 7.11 Å². The molecule has 1 N–H and O–H groups in total. The van der Waals surface area contributed by atoms with E-state index >= 15 is 0 Å². The maximum absolute atomic E-state index is 11.6. The molecule has 21 heavy (non-hydrogen) atoms. The van der Waals surface area contributed by atoms with Crippen molar-refractivity contribution in [2.24, 2.45) is 0 Å². The van der Waals surface area contributed by atoms with E-state index in [4.69, 9.17) is 9.47 Å². The first kappa shape index (κ1) is 14.7. The Kier molecular flexibility index (Phi) is 4.99. The minimum absolute atomic E-state index is 0.0253. The Bertz CT molecular complexity index is 632. The minimum Gasteiger partial charge on any atom is -0.504 e. The number of hydrogen-bond donors (Lipinski definition) is 1. The summed E-state index contributed by atoms with van der Waals surface area (Å²) < 4.78 is 10.1. The fourth-order valence-corrected chi connectivity index (χ4v) is 1.75. The topological polar surface area (TPSA) is 55.8 Å². The molecule has 4 nitrogen and oxygen atoms in total. The maximum Gasteiger partial charge on any atom is 0.331 e. The summed E-state index contributed by atoms with van der Waals surface area (Å²) in [5.41, 5.74) is 1.62. The Labute approximate surface area is 123 Å². The van der Waals surface area contributed by atoms with Crippen LogP contribution in [-0.4, -0.2) is 18.2 Å². The Hall–Kier alpha value is -2.75. The Balaban J connectivity index is 1.91. The van der Waals surface area contributed by atoms with Crippen LogP contribution in [0.5, 0.6) is 11.5 Å². The van der Waals surface area contributed by atoms with Gasteiger partial charge in [0.1, 0.15) is 6.61 Å². The number of aromatic hydroxyl groups is 1. The highest BCUT2D eigenvalue weighted by Gasteiger charge is 2.02. The van der Waals surface area contributed by atoms with Gasteiger partial charge in [0.15, 0.2) is 11.5 Å². The van der Waals surface area contributed by atoms with Crippen LogP contribution in [0.1, 0.15) is 11.1 Å². The molecule has 0 aliphatic heterocycles. The van der Waals surface area contributed by atoms with Gasteiger partial charge >= 0.3 is 5.97 Å². The van der Waals surface area contributed by atoms with Gasteiger partial charge in [0.25, 0.3) is 0 Å². The summed E-state index contributed by atoms with van der Waals surface area (Å²) in [7, 11) is 1.48. The van der Waals surface area contributed by atoms with Gasteiger partial charge in [0, 0.05) is 6.08 Å². The number of rotatable bonds is 5. The fourth-order valence-electron chi connectivity index (χ4n) is 1.75. The van der Waals surface area contributed by atoms with E-state index in [1.54, 1.807) is 18.2 Å². The summed E-state index contributed by atoms with van der Waals surface area (Å²) in [5.74, 6) is -0.0229. The summed E-state index contributed by atoms with van der Waals surface area (Å²) in [4.78, 5) is 11.6. The van der Waals surface area contributed by atoms with E-state index in [0.29, 0.717) is 11.3 Å². The van der Waals surface area contributed by atoms with Gasteiger partial charge in [-0.05, 0) is 29.3 Å². The normalized spacial score (nSPS) is 10.5. The van der Waals surface area contributed by atoms with E-state index in [1.807, 2.05) is 30.3 Å². The molecular formula is C17H16O4. The van der Waals surface area contributed by atoms with Crippen molar-refractivity contribution in [2.45, 2.75) is 6.61 Å². The summed E-state index contributed by atoms with van der Waals surface area (Å²) in [6.07, 6.45) is 2.90. The molecule has 0 aromatic heterocycles. The zero-order valence-corrected chi connectivity index (χ0v) is 11.7. The third-order valence-corrected chi connectivity index (χ3v) is 2.84. The van der Waals surface area contributed by atoms with Crippen LogP contribution in [0, 0.1) is 0 Å². The molecule has 0 unspecified atom stereocenters. The standard InChI is InChI=1S/C17H16O4/c1-20-16-9-7-13(11-15(16)18)8-10-17(19)21-12-14-5-3-2-4-6-14/h2-11,18H,12H2,1H3. The van der Waals surface area contributed by atoms with E-state index in [9.17, 15) is 9.90 Å². The van der Waals surface area contributed by atoms with Crippen molar-refractivity contribution < 1.29 is 19.4 Å². The molecule has 0 aliphatic rings. The van der Waals surface area contributed by atoms with E-state index in [2.05, 4.69) is 0 Å². The van der Waals surface area contributed by atoms with Crippen molar-refractivity contribution in [1.82, 2.24) is 0 Å². The first-order valence-electron chi connectivity index (χ1n) is 6.45. The fraction of sp³-hybridized carbons (Fsp3) is 0.118. The lowest BCUT2D eigenvalue weighted by Gasteiger charge is -2.03. The lowest BCUT2D eigenvalue weighted by atomic mass is 10.2. The number of ether oxygens (including phenoxy) is 2. The van der Waals surface area contributed by atoms with E-state index in [-0.39, 0.29) is 12.4 Å². The van der Waals surface area contributed by atoms with E-state index in [0.717, 1.165) is 5.56 Å². The summed E-state index contributed by atoms with van der Waals surface area (Å²) >= 11 is 0. The number of phenolic OH excluding ortho intramolecular Hbond substituents is 1. The second kappa shape index (κ2) is 7.14. The molecule has 108 valence electrons. The number of methoxy groups -OCH3 is 1. The van der Waals surface area contributed by atoms with Crippen molar-refractivity contribution in [2.75, 3.05) is 7.11 Å². The number of benzene rings is 2. The Morgan fingerprint density at radius 1 is 1.19 bits per heavy atom. The van der Waals surface area contributed by atoms with E-state index < -0.39 is 5.97 Å². The lowest BCUT2D eigenvalue weighted by Crippen LogP contribution is -2.00. The summed E-state index contributed by atoms with van der Waals surface area (Å²) in [6.45, 7) is 0.234. The van der Waals surface area contributed by atoms with Crippen molar-refractivity contribution in [1.29, 1.82) is 0 Å². The third-order valence-electron chi connectivity index (χ3n) is 2.84. The van der Waals surface area contributed by atoms with Crippen LogP contribution in [0.25, 0.3) is 6.08 Å². The summed E-state index contributed by atoms with van der Waals surface area (Å²) in [6, 6.07) is 14.3. The molecule has 0 amide bonds. The van der Waals surface area contributed by atoms with Gasteiger partial charge in [-0.15, -0.1) is 0 Å². The van der Waals surface area contributed by atoms with Gasteiger partial charge in [-0.1, -0.05) is 36.4 Å². The van der Waals surface area contributed by atoms with Gasteiger partial charge in [-0.2, -0.15) is 0 Å². The van der Waals surface area contributed by atoms with Gasteiger partial charge in [0.2, 0.25) is 0 Å². The van der Waals surface area contributed by atoms with Crippen LogP contribution in [-0.2, 0) is 16.1 Å². The Morgan fingerprint density at radius 2 is 1.95 bits per heavy atom. The molecule has 0 fully saturated rings. The lowest BCUT2D eigenvalue weighted by molar-refractivity contribution is -0.138. The van der Waals surface area contributed by atoms with Crippen LogP contribution in [0.15, 0.2) is 54.6 Å². The Morgan fingerprint density at radius 3 is 2.62 bits per heavy atom. The molecular weight excluding hydrogens is 268 g/mol. The second-order valence-corrected chi connectivity index (χ2v) is 4.36. The first-order valence-corrected chi connectivity index (χ1v) is 6.45. The number of carbonyl (C=O) groups is 1. The molecule has 0 atom stereocenters. The number of carbonyl (C=O) groups excluding carboxylic acids is 1. The molecule has 0 radical (unpaired) electrons. The molecule has 2 aromatic carbocycles. The zero-order valence-electron chi connectivity index (χ0n) is 11.7. The first-order chi connectivity index (χ1) is 10.2. The number of esters is 1. The van der Waals surface area contributed by atoms with E-state index in [1.165, 1.54) is 19.3 Å². The van der Waals surface area contributed by atoms with Crippen LogP contribution in [0.4, 0.5) is 0 Å². The average molecular weight is 284 g/mol. The highest BCUT2D eigenvalue weighted by atomic mass is 16.5. The summed E-state index contributed by atoms with van der Waals surface area (Å²) in [5, 5.41) is 9.63. The van der Waals surface area contributed by atoms with Crippen LogP contribution >= 0.6 is 0 Å². The predicted octanol–water partition coefficient (Wildman–Crippen LogP) is 3.16. The predicted molar refractivity (Wildman–Crippen MR) is 79.9 cm³/mol. The van der Waals surface area contributed by atoms with Crippen molar-refractivity contribution in [3.8, 4) is 11.5 Å². The van der Waals surface area contributed by atoms with Gasteiger partial charge in [-0.3, -0.25) is 0 Å². The molecule has 0 aliphatic carbocycles. The minimum atomic E-state index is -0.436. The van der Waals surface area contributed by atoms with Crippen LogP contribution < -0.4 is 4.74 Å². The SMILES string of the molecule is COc1ccc(C=CC(=O)OCc2ccccc2)cc1O. The van der Waals surface area contributed by atoms with Gasteiger partial charge in [-0.25, -0.2) is 4.79 Å². The molecule has 4 heteroatoms. The molecule has 2 aromatic rings. The maximum atomic E-state index is 11.6. The van der Waals surface area contributed by atoms with Crippen LogP contribution in [0.2, 0.25) is 0 Å². The molecule has 0 spiro atoms. The number of hydrogen-bond acceptors (Lipinski definition) is 4. The second-order valence-electron chi connectivity index (χ2n) is 4.36. The third kappa shape index (κ3) is 4.38. The molecule has 0 saturated heterocycles. The molecule has 2 rings (SSSR count). The molecule has 0 bridgehead atoms. The highest BCUT2D eigenvalue weighted by Crippen LogP contribution is 2.26. The molecule has 0 saturated carbocycles. The van der Waals surface area contributed by atoms with Crippen molar-refractivity contribution >= 4 is 12.0 Å². The van der Waals surface area contributed by atoms with Crippen LogP contribution in [0.3, 0.4) is 0 Å². The number of phenols is 1. The molecule has 0 heterocycles. The quantitative estimate of drug-likeness (QED) is 0.677. The monoisotopic (exact) mass is 284 g/mol. The largest absolute Gasteiger partial charge is 0.504 e. The smallest absolute Gasteiger partial charge is 0.331 e. The van der Waals surface area contributed by atoms with Gasteiger partial charge < -0.3 is 14.6 Å². The zero-order chi connectivity index (χ0) is 15.1. The van der Waals surface area contributed by atoms with Crippen molar-refractivity contribution in [3.05, 3.63) is 65.7 Å². The highest BCUT2D eigenvalue weighted by molar-refractivity contribution is 5.87.